The standard InChI is InChI=1S/C21H34FN3O/c1-21(2,17-24-10-12-26-13-11-24)16-23-19-7-5-9-25(15-19)14-18-6-3-4-8-20(18)22/h3-4,6,8,19,23H,5,7,9-17H2,1-2H3. The Morgan fingerprint density at radius 1 is 1.15 bits per heavy atom. The van der Waals surface area contributed by atoms with Gasteiger partial charge < -0.3 is 10.1 Å². The monoisotopic (exact) mass is 363 g/mol. The minimum Gasteiger partial charge on any atom is -0.379 e. The molecule has 26 heavy (non-hydrogen) atoms. The SMILES string of the molecule is CC(C)(CNC1CCCN(Cc2ccccc2F)C1)CN1CCOCC1. The van der Waals surface area contributed by atoms with Crippen LogP contribution in [0.3, 0.4) is 0 Å². The van der Waals surface area contributed by atoms with E-state index in [0.29, 0.717) is 12.6 Å². The van der Waals surface area contributed by atoms with Gasteiger partial charge in [-0.15, -0.1) is 0 Å². The molecule has 0 radical (unpaired) electrons. The third-order valence-electron chi connectivity index (χ3n) is 5.48. The lowest BCUT2D eigenvalue weighted by atomic mass is 9.91. The van der Waals surface area contributed by atoms with Crippen LogP contribution >= 0.6 is 0 Å². The number of piperidine rings is 1. The Bertz CT molecular complexity index is 560. The van der Waals surface area contributed by atoms with Crippen LogP contribution in [0.4, 0.5) is 4.39 Å². The predicted molar refractivity (Wildman–Crippen MR) is 104 cm³/mol. The van der Waals surface area contributed by atoms with Crippen molar-refractivity contribution in [2.45, 2.75) is 39.3 Å². The zero-order valence-electron chi connectivity index (χ0n) is 16.3. The third kappa shape index (κ3) is 6.02. The fourth-order valence-corrected chi connectivity index (χ4v) is 4.07. The Morgan fingerprint density at radius 3 is 2.69 bits per heavy atom. The van der Waals surface area contributed by atoms with E-state index in [4.69, 9.17) is 4.74 Å². The van der Waals surface area contributed by atoms with E-state index < -0.39 is 0 Å². The number of morpholine rings is 1. The smallest absolute Gasteiger partial charge is 0.127 e. The summed E-state index contributed by atoms with van der Waals surface area (Å²) in [5.41, 5.74) is 1.05. The van der Waals surface area contributed by atoms with E-state index >= 15 is 0 Å². The lowest BCUT2D eigenvalue weighted by Crippen LogP contribution is -2.50. The molecule has 2 aliphatic heterocycles. The van der Waals surface area contributed by atoms with Crippen LogP contribution in [0.25, 0.3) is 0 Å². The molecule has 0 aliphatic carbocycles. The number of ether oxygens (including phenoxy) is 1. The zero-order chi connectivity index (χ0) is 18.4. The number of nitrogens with zero attached hydrogens (tertiary/aromatic N) is 2. The van der Waals surface area contributed by atoms with Crippen LogP contribution in [0.15, 0.2) is 24.3 Å². The highest BCUT2D eigenvalue weighted by molar-refractivity contribution is 5.17. The van der Waals surface area contributed by atoms with Gasteiger partial charge in [-0.1, -0.05) is 32.0 Å². The molecule has 2 fully saturated rings. The van der Waals surface area contributed by atoms with Crippen molar-refractivity contribution >= 4 is 0 Å². The van der Waals surface area contributed by atoms with Gasteiger partial charge >= 0.3 is 0 Å². The second kappa shape index (κ2) is 9.27. The van der Waals surface area contributed by atoms with E-state index in [1.165, 1.54) is 12.8 Å². The van der Waals surface area contributed by atoms with Crippen LogP contribution in [0.1, 0.15) is 32.3 Å². The Labute approximate surface area is 157 Å². The molecular formula is C21H34FN3O. The van der Waals surface area contributed by atoms with Crippen LogP contribution < -0.4 is 5.32 Å². The van der Waals surface area contributed by atoms with Crippen molar-refractivity contribution in [1.82, 2.24) is 15.1 Å². The van der Waals surface area contributed by atoms with Gasteiger partial charge in [0.1, 0.15) is 5.82 Å². The molecule has 2 aliphatic rings. The number of halogens is 1. The highest BCUT2D eigenvalue weighted by Gasteiger charge is 2.26. The van der Waals surface area contributed by atoms with Crippen molar-refractivity contribution in [2.75, 3.05) is 52.5 Å². The minimum absolute atomic E-state index is 0.0887. The Hall–Kier alpha value is -1.01. The first-order valence-corrected chi connectivity index (χ1v) is 10.0. The minimum atomic E-state index is -0.0887. The van der Waals surface area contributed by atoms with Gasteiger partial charge in [0, 0.05) is 50.9 Å². The largest absolute Gasteiger partial charge is 0.379 e. The molecule has 5 heteroatoms. The highest BCUT2D eigenvalue weighted by atomic mass is 19.1. The number of hydrogen-bond acceptors (Lipinski definition) is 4. The second-order valence-electron chi connectivity index (χ2n) is 8.60. The van der Waals surface area contributed by atoms with Crippen LogP contribution in [-0.4, -0.2) is 68.3 Å². The van der Waals surface area contributed by atoms with E-state index in [1.54, 1.807) is 12.1 Å². The molecule has 2 heterocycles. The fraction of sp³-hybridized carbons (Fsp3) is 0.714. The number of rotatable bonds is 7. The molecule has 4 nitrogen and oxygen atoms in total. The molecule has 0 aromatic heterocycles. The van der Waals surface area contributed by atoms with Gasteiger partial charge in [0.2, 0.25) is 0 Å². The lowest BCUT2D eigenvalue weighted by molar-refractivity contribution is 0.0204. The van der Waals surface area contributed by atoms with E-state index in [1.807, 2.05) is 12.1 Å². The van der Waals surface area contributed by atoms with Crippen LogP contribution in [-0.2, 0) is 11.3 Å². The van der Waals surface area contributed by atoms with Gasteiger partial charge in [-0.25, -0.2) is 4.39 Å². The van der Waals surface area contributed by atoms with Gasteiger partial charge in [-0.05, 0) is 30.9 Å². The van der Waals surface area contributed by atoms with E-state index in [2.05, 4.69) is 29.0 Å². The number of likely N-dealkylation sites (tertiary alicyclic amines) is 1. The third-order valence-corrected chi connectivity index (χ3v) is 5.48. The van der Waals surface area contributed by atoms with E-state index in [-0.39, 0.29) is 11.2 Å². The summed E-state index contributed by atoms with van der Waals surface area (Å²) in [7, 11) is 0. The van der Waals surface area contributed by atoms with Gasteiger partial charge in [0.25, 0.3) is 0 Å². The maximum atomic E-state index is 13.9. The molecule has 2 saturated heterocycles. The van der Waals surface area contributed by atoms with Crippen molar-refractivity contribution in [3.8, 4) is 0 Å². The van der Waals surface area contributed by atoms with Crippen molar-refractivity contribution in [3.05, 3.63) is 35.6 Å². The first-order valence-electron chi connectivity index (χ1n) is 10.0. The molecule has 1 aromatic carbocycles. The predicted octanol–water partition coefficient (Wildman–Crippen LogP) is 2.74. The molecule has 3 rings (SSSR count). The zero-order valence-corrected chi connectivity index (χ0v) is 16.3. The van der Waals surface area contributed by atoms with E-state index in [0.717, 1.165) is 58.0 Å². The van der Waals surface area contributed by atoms with Crippen molar-refractivity contribution < 1.29 is 9.13 Å². The van der Waals surface area contributed by atoms with Gasteiger partial charge in [-0.2, -0.15) is 0 Å². The summed E-state index contributed by atoms with van der Waals surface area (Å²) in [4.78, 5) is 4.89. The number of hydrogen-bond donors (Lipinski definition) is 1. The number of benzene rings is 1. The highest BCUT2D eigenvalue weighted by Crippen LogP contribution is 2.20. The van der Waals surface area contributed by atoms with Crippen molar-refractivity contribution in [2.24, 2.45) is 5.41 Å². The molecule has 0 spiro atoms. The quantitative estimate of drug-likeness (QED) is 0.806. The summed E-state index contributed by atoms with van der Waals surface area (Å²) < 4.78 is 19.4. The molecule has 1 unspecified atom stereocenters. The molecule has 146 valence electrons. The average Bonchev–Trinajstić information content (AvgIpc) is 2.63. The maximum Gasteiger partial charge on any atom is 0.127 e. The summed E-state index contributed by atoms with van der Waals surface area (Å²) in [6.07, 6.45) is 2.39. The molecular weight excluding hydrogens is 329 g/mol. The molecule has 1 N–H and O–H groups in total. The van der Waals surface area contributed by atoms with Crippen molar-refractivity contribution in [1.29, 1.82) is 0 Å². The summed E-state index contributed by atoms with van der Waals surface area (Å²) in [5, 5.41) is 3.79. The van der Waals surface area contributed by atoms with Gasteiger partial charge in [0.05, 0.1) is 13.2 Å². The topological polar surface area (TPSA) is 27.7 Å². The second-order valence-corrected chi connectivity index (χ2v) is 8.60. The summed E-state index contributed by atoms with van der Waals surface area (Å²) in [6.45, 7) is 13.4. The summed E-state index contributed by atoms with van der Waals surface area (Å²) >= 11 is 0. The Kier molecular flexibility index (Phi) is 7.04. The number of nitrogens with one attached hydrogen (secondary N) is 1. The molecule has 0 saturated carbocycles. The van der Waals surface area contributed by atoms with Gasteiger partial charge in [0.15, 0.2) is 0 Å². The normalized spacial score (nSPS) is 23.3. The van der Waals surface area contributed by atoms with Gasteiger partial charge in [-0.3, -0.25) is 9.80 Å². The van der Waals surface area contributed by atoms with Crippen LogP contribution in [0.2, 0.25) is 0 Å². The summed E-state index contributed by atoms with van der Waals surface area (Å²) in [5.74, 6) is -0.0887. The molecule has 0 bridgehead atoms. The van der Waals surface area contributed by atoms with Crippen LogP contribution in [0, 0.1) is 11.2 Å². The Morgan fingerprint density at radius 2 is 1.92 bits per heavy atom. The molecule has 1 aromatic rings. The van der Waals surface area contributed by atoms with Crippen LogP contribution in [0.5, 0.6) is 0 Å². The average molecular weight is 364 g/mol. The lowest BCUT2D eigenvalue weighted by Gasteiger charge is -2.38. The summed E-state index contributed by atoms with van der Waals surface area (Å²) in [6, 6.07) is 7.64. The maximum absolute atomic E-state index is 13.9. The first kappa shape index (κ1) is 19.7. The van der Waals surface area contributed by atoms with Crippen molar-refractivity contribution in [3.63, 3.8) is 0 Å². The Balaban J connectivity index is 1.45. The molecule has 1 atom stereocenters. The molecule has 0 amide bonds. The first-order chi connectivity index (χ1) is 12.5. The fourth-order valence-electron chi connectivity index (χ4n) is 4.07. The van der Waals surface area contributed by atoms with E-state index in [9.17, 15) is 4.39 Å².